The number of carbonyl (C=O) groups excluding carboxylic acids is 1. The number of anilines is 2. The van der Waals surface area contributed by atoms with Gasteiger partial charge in [0, 0.05) is 47.5 Å². The molecule has 11 heteroatoms. The average Bonchev–Trinajstić information content (AvgIpc) is 3.49. The maximum atomic E-state index is 13.0. The lowest BCUT2D eigenvalue weighted by Crippen LogP contribution is -2.40. The van der Waals surface area contributed by atoms with Gasteiger partial charge < -0.3 is 21.1 Å². The van der Waals surface area contributed by atoms with Crippen molar-refractivity contribution in [3.8, 4) is 5.69 Å². The van der Waals surface area contributed by atoms with E-state index in [-0.39, 0.29) is 18.4 Å². The van der Waals surface area contributed by atoms with Gasteiger partial charge in [0.1, 0.15) is 6.33 Å². The van der Waals surface area contributed by atoms with Crippen molar-refractivity contribution < 1.29 is 14.7 Å². The van der Waals surface area contributed by atoms with E-state index in [1.54, 1.807) is 24.3 Å². The van der Waals surface area contributed by atoms with Gasteiger partial charge in [0.05, 0.1) is 11.7 Å². The van der Waals surface area contributed by atoms with Crippen LogP contribution in [0.4, 0.5) is 11.4 Å². The molecule has 10 nitrogen and oxygen atoms in total. The quantitative estimate of drug-likeness (QED) is 0.131. The van der Waals surface area contributed by atoms with E-state index in [9.17, 15) is 9.59 Å². The number of aromatic nitrogens is 4. The van der Waals surface area contributed by atoms with E-state index in [4.69, 9.17) is 16.7 Å². The standard InChI is InChI=1S/C29H30ClN7O3/c30-23-9-14-27(37-20-33-35-36-37)22(18-23)8-15-28(38)34-26(17-21-5-2-1-3-6-21)19-32-25-12-10-24(11-13-25)31-16-4-7-29(39)40/h1-3,5-6,8-15,18,20,26,31-32H,4,7,16-17,19H2,(H,34,38)(H,39,40)/b15-8+/t26-/m0/s1. The van der Waals surface area contributed by atoms with Gasteiger partial charge in [-0.15, -0.1) is 5.10 Å². The van der Waals surface area contributed by atoms with E-state index in [2.05, 4.69) is 31.5 Å². The molecule has 1 amide bonds. The number of rotatable bonds is 14. The summed E-state index contributed by atoms with van der Waals surface area (Å²) in [5.74, 6) is -1.04. The Morgan fingerprint density at radius 3 is 2.45 bits per heavy atom. The number of tetrazole rings is 1. The number of aliphatic carboxylic acids is 1. The van der Waals surface area contributed by atoms with Gasteiger partial charge in [-0.3, -0.25) is 9.59 Å². The van der Waals surface area contributed by atoms with E-state index >= 15 is 0 Å². The molecular formula is C29H30ClN7O3. The summed E-state index contributed by atoms with van der Waals surface area (Å²) in [5.41, 5.74) is 4.32. The molecule has 206 valence electrons. The molecule has 1 heterocycles. The van der Waals surface area contributed by atoms with Crippen molar-refractivity contribution in [1.29, 1.82) is 0 Å². The predicted octanol–water partition coefficient (Wildman–Crippen LogP) is 4.45. The summed E-state index contributed by atoms with van der Waals surface area (Å²) in [6.45, 7) is 1.09. The van der Waals surface area contributed by atoms with Crippen molar-refractivity contribution in [3.63, 3.8) is 0 Å². The lowest BCUT2D eigenvalue weighted by molar-refractivity contribution is -0.137. The predicted molar refractivity (Wildman–Crippen MR) is 156 cm³/mol. The van der Waals surface area contributed by atoms with Crippen molar-refractivity contribution in [3.05, 3.63) is 101 Å². The Morgan fingerprint density at radius 2 is 1.75 bits per heavy atom. The molecule has 0 bridgehead atoms. The van der Waals surface area contributed by atoms with Crippen LogP contribution in [0.5, 0.6) is 0 Å². The van der Waals surface area contributed by atoms with Gasteiger partial charge in [0.25, 0.3) is 0 Å². The number of carbonyl (C=O) groups is 2. The first-order valence-corrected chi connectivity index (χ1v) is 13.2. The Labute approximate surface area is 237 Å². The number of carboxylic acids is 1. The monoisotopic (exact) mass is 559 g/mol. The molecule has 1 aromatic heterocycles. The van der Waals surface area contributed by atoms with E-state index in [0.717, 1.165) is 16.9 Å². The molecule has 0 saturated carbocycles. The Kier molecular flexibility index (Phi) is 10.2. The number of nitrogens with one attached hydrogen (secondary N) is 3. The number of benzene rings is 3. The molecule has 4 N–H and O–H groups in total. The third-order valence-electron chi connectivity index (χ3n) is 6.01. The van der Waals surface area contributed by atoms with Crippen LogP contribution in [0.3, 0.4) is 0 Å². The number of amides is 1. The second-order valence-electron chi connectivity index (χ2n) is 9.07. The van der Waals surface area contributed by atoms with E-state index in [1.165, 1.54) is 17.1 Å². The highest BCUT2D eigenvalue weighted by Gasteiger charge is 2.13. The lowest BCUT2D eigenvalue weighted by atomic mass is 10.1. The topological polar surface area (TPSA) is 134 Å². The molecule has 0 aliphatic rings. The van der Waals surface area contributed by atoms with Crippen LogP contribution in [0.25, 0.3) is 11.8 Å². The van der Waals surface area contributed by atoms with Crippen LogP contribution in [-0.2, 0) is 16.0 Å². The zero-order chi connectivity index (χ0) is 28.2. The Bertz CT molecular complexity index is 1410. The third-order valence-corrected chi connectivity index (χ3v) is 6.24. The van der Waals surface area contributed by atoms with Gasteiger partial charge in [-0.05, 0) is 77.4 Å². The summed E-state index contributed by atoms with van der Waals surface area (Å²) in [4.78, 5) is 23.6. The van der Waals surface area contributed by atoms with Crippen LogP contribution in [0.1, 0.15) is 24.0 Å². The molecule has 0 unspecified atom stereocenters. The number of carboxylic acid groups (broad SMARTS) is 1. The average molecular weight is 560 g/mol. The fourth-order valence-corrected chi connectivity index (χ4v) is 4.23. The molecule has 0 spiro atoms. The smallest absolute Gasteiger partial charge is 0.303 e. The molecular weight excluding hydrogens is 530 g/mol. The van der Waals surface area contributed by atoms with Crippen molar-refractivity contribution in [2.45, 2.75) is 25.3 Å². The SMILES string of the molecule is O=C(O)CCCNc1ccc(NC[C@H](Cc2ccccc2)NC(=O)/C=C/c2cc(Cl)ccc2-n2cnnn2)cc1. The first-order valence-electron chi connectivity index (χ1n) is 12.8. The molecule has 3 aromatic carbocycles. The second kappa shape index (κ2) is 14.5. The van der Waals surface area contributed by atoms with Gasteiger partial charge in [0.2, 0.25) is 5.91 Å². The number of hydrogen-bond donors (Lipinski definition) is 4. The van der Waals surface area contributed by atoms with Crippen LogP contribution in [0, 0.1) is 0 Å². The highest BCUT2D eigenvalue weighted by molar-refractivity contribution is 6.30. The van der Waals surface area contributed by atoms with E-state index in [0.29, 0.717) is 42.2 Å². The maximum absolute atomic E-state index is 13.0. The Morgan fingerprint density at radius 1 is 1.00 bits per heavy atom. The normalized spacial score (nSPS) is 11.7. The third kappa shape index (κ3) is 8.95. The van der Waals surface area contributed by atoms with Crippen LogP contribution in [0.15, 0.2) is 85.2 Å². The van der Waals surface area contributed by atoms with Gasteiger partial charge >= 0.3 is 5.97 Å². The van der Waals surface area contributed by atoms with Crippen LogP contribution in [-0.4, -0.2) is 56.3 Å². The zero-order valence-corrected chi connectivity index (χ0v) is 22.5. The highest BCUT2D eigenvalue weighted by atomic mass is 35.5. The van der Waals surface area contributed by atoms with Gasteiger partial charge in [-0.1, -0.05) is 41.9 Å². The molecule has 0 aliphatic heterocycles. The summed E-state index contributed by atoms with van der Waals surface area (Å²) in [5, 5.41) is 30.3. The largest absolute Gasteiger partial charge is 0.481 e. The van der Waals surface area contributed by atoms with Gasteiger partial charge in [0.15, 0.2) is 0 Å². The zero-order valence-electron chi connectivity index (χ0n) is 21.7. The molecule has 1 atom stereocenters. The summed E-state index contributed by atoms with van der Waals surface area (Å²) in [7, 11) is 0. The molecule has 4 rings (SSSR count). The first kappa shape index (κ1) is 28.3. The number of nitrogens with zero attached hydrogens (tertiary/aromatic N) is 4. The molecule has 0 saturated heterocycles. The van der Waals surface area contributed by atoms with Crippen molar-refractivity contribution in [2.24, 2.45) is 0 Å². The van der Waals surface area contributed by atoms with Crippen molar-refractivity contribution in [2.75, 3.05) is 23.7 Å². The lowest BCUT2D eigenvalue weighted by Gasteiger charge is -2.20. The minimum absolute atomic E-state index is 0.135. The van der Waals surface area contributed by atoms with E-state index in [1.807, 2.05) is 54.6 Å². The molecule has 4 aromatic rings. The fourth-order valence-electron chi connectivity index (χ4n) is 4.05. The van der Waals surface area contributed by atoms with Crippen molar-refractivity contribution >= 4 is 40.9 Å². The van der Waals surface area contributed by atoms with Gasteiger partial charge in [-0.25, -0.2) is 0 Å². The Balaban J connectivity index is 1.39. The summed E-state index contributed by atoms with van der Waals surface area (Å²) in [6.07, 6.45) is 5.97. The Hall–Kier alpha value is -4.70. The minimum atomic E-state index is -0.799. The van der Waals surface area contributed by atoms with Gasteiger partial charge in [-0.2, -0.15) is 4.68 Å². The maximum Gasteiger partial charge on any atom is 0.303 e. The number of halogens is 1. The first-order chi connectivity index (χ1) is 19.5. The molecule has 0 radical (unpaired) electrons. The fraction of sp³-hybridized carbons (Fsp3) is 0.207. The van der Waals surface area contributed by atoms with Crippen LogP contribution in [0.2, 0.25) is 5.02 Å². The molecule has 40 heavy (non-hydrogen) atoms. The second-order valence-corrected chi connectivity index (χ2v) is 9.50. The summed E-state index contributed by atoms with van der Waals surface area (Å²) < 4.78 is 1.51. The van der Waals surface area contributed by atoms with Crippen molar-refractivity contribution in [1.82, 2.24) is 25.5 Å². The molecule has 0 fully saturated rings. The van der Waals surface area contributed by atoms with Crippen LogP contribution < -0.4 is 16.0 Å². The summed E-state index contributed by atoms with van der Waals surface area (Å²) in [6, 6.07) is 22.8. The van der Waals surface area contributed by atoms with Crippen LogP contribution >= 0.6 is 11.6 Å². The van der Waals surface area contributed by atoms with E-state index < -0.39 is 5.97 Å². The molecule has 0 aliphatic carbocycles. The number of hydrogen-bond acceptors (Lipinski definition) is 7. The highest BCUT2D eigenvalue weighted by Crippen LogP contribution is 2.20. The minimum Gasteiger partial charge on any atom is -0.481 e. The summed E-state index contributed by atoms with van der Waals surface area (Å²) >= 11 is 6.19.